The lowest BCUT2D eigenvalue weighted by Crippen LogP contribution is -2.39. The van der Waals surface area contributed by atoms with Crippen molar-refractivity contribution in [1.29, 1.82) is 0 Å². The predicted molar refractivity (Wildman–Crippen MR) is 79.9 cm³/mol. The Kier molecular flexibility index (Phi) is 3.21. The van der Waals surface area contributed by atoms with E-state index in [1.165, 1.54) is 12.5 Å². The number of hydrogen-bond acceptors (Lipinski definition) is 3. The Morgan fingerprint density at radius 1 is 1.43 bits per heavy atom. The zero-order valence-corrected chi connectivity index (χ0v) is 13.3. The largest absolute Gasteiger partial charge is 0.476 e. The third-order valence-electron chi connectivity index (χ3n) is 6.00. The standard InChI is InChI=1S/C16H20ClNO3/c1-15(2)9-6-7-16(15,3)11(8-9)21-12-5-4-10(17)13(18-12)14(19)20/h4-5,9,11H,6-8H2,1-3H3,(H,19,20). The van der Waals surface area contributed by atoms with E-state index in [0.717, 1.165) is 12.8 Å². The summed E-state index contributed by atoms with van der Waals surface area (Å²) < 4.78 is 6.06. The van der Waals surface area contributed by atoms with Crippen LogP contribution in [0.25, 0.3) is 0 Å². The van der Waals surface area contributed by atoms with Crippen LogP contribution in [0, 0.1) is 16.7 Å². The Morgan fingerprint density at radius 2 is 2.14 bits per heavy atom. The van der Waals surface area contributed by atoms with Crippen molar-refractivity contribution < 1.29 is 14.6 Å². The van der Waals surface area contributed by atoms with Crippen molar-refractivity contribution in [3.8, 4) is 5.88 Å². The molecule has 2 saturated carbocycles. The first kappa shape index (κ1) is 14.6. The number of fused-ring (bicyclic) bond motifs is 2. The van der Waals surface area contributed by atoms with E-state index >= 15 is 0 Å². The van der Waals surface area contributed by atoms with E-state index < -0.39 is 5.97 Å². The van der Waals surface area contributed by atoms with Gasteiger partial charge in [-0.25, -0.2) is 9.78 Å². The van der Waals surface area contributed by atoms with E-state index in [1.54, 1.807) is 6.07 Å². The molecular weight excluding hydrogens is 290 g/mol. The number of aromatic nitrogens is 1. The topological polar surface area (TPSA) is 59.4 Å². The number of rotatable bonds is 3. The van der Waals surface area contributed by atoms with Crippen molar-refractivity contribution in [2.45, 2.75) is 46.1 Å². The summed E-state index contributed by atoms with van der Waals surface area (Å²) in [6.07, 6.45) is 3.49. The van der Waals surface area contributed by atoms with Gasteiger partial charge in [-0.1, -0.05) is 32.4 Å². The molecule has 4 nitrogen and oxygen atoms in total. The molecule has 2 fully saturated rings. The molecular formula is C16H20ClNO3. The minimum Gasteiger partial charge on any atom is -0.476 e. The first-order valence-electron chi connectivity index (χ1n) is 7.32. The van der Waals surface area contributed by atoms with Crippen molar-refractivity contribution in [2.24, 2.45) is 16.7 Å². The summed E-state index contributed by atoms with van der Waals surface area (Å²) in [6, 6.07) is 3.19. The van der Waals surface area contributed by atoms with E-state index in [-0.39, 0.29) is 27.7 Å². The molecule has 0 amide bonds. The first-order valence-corrected chi connectivity index (χ1v) is 7.70. The lowest BCUT2D eigenvalue weighted by atomic mass is 9.70. The predicted octanol–water partition coefficient (Wildman–Crippen LogP) is 4.03. The number of hydrogen-bond donors (Lipinski definition) is 1. The molecule has 0 spiro atoms. The SMILES string of the molecule is CC1(C)C2CCC1(C)C(Oc1ccc(Cl)c(C(=O)O)n1)C2. The molecule has 114 valence electrons. The van der Waals surface area contributed by atoms with Crippen molar-refractivity contribution in [1.82, 2.24) is 4.98 Å². The van der Waals surface area contributed by atoms with Gasteiger partial charge < -0.3 is 9.84 Å². The van der Waals surface area contributed by atoms with Gasteiger partial charge in [0.05, 0.1) is 5.02 Å². The molecule has 2 aliphatic carbocycles. The van der Waals surface area contributed by atoms with Gasteiger partial charge in [0.15, 0.2) is 5.69 Å². The normalized spacial score (nSPS) is 33.1. The van der Waals surface area contributed by atoms with Crippen LogP contribution in [0.2, 0.25) is 5.02 Å². The summed E-state index contributed by atoms with van der Waals surface area (Å²) in [5.74, 6) is -0.116. The summed E-state index contributed by atoms with van der Waals surface area (Å²) in [5, 5.41) is 9.22. The summed E-state index contributed by atoms with van der Waals surface area (Å²) in [7, 11) is 0. The molecule has 3 rings (SSSR count). The van der Waals surface area contributed by atoms with Crippen LogP contribution in [0.15, 0.2) is 12.1 Å². The minimum atomic E-state index is -1.13. The molecule has 2 aliphatic rings. The van der Waals surface area contributed by atoms with Crippen LogP contribution in [0.1, 0.15) is 50.5 Å². The molecule has 0 radical (unpaired) electrons. The molecule has 0 aliphatic heterocycles. The second-order valence-electron chi connectivity index (χ2n) is 7.00. The highest BCUT2D eigenvalue weighted by Crippen LogP contribution is 2.66. The van der Waals surface area contributed by atoms with Gasteiger partial charge in [0.2, 0.25) is 5.88 Å². The molecule has 1 aromatic rings. The van der Waals surface area contributed by atoms with Gasteiger partial charge in [-0.15, -0.1) is 0 Å². The molecule has 21 heavy (non-hydrogen) atoms. The highest BCUT2D eigenvalue weighted by Gasteiger charge is 2.62. The summed E-state index contributed by atoms with van der Waals surface area (Å²) in [6.45, 7) is 6.90. The molecule has 1 aromatic heterocycles. The van der Waals surface area contributed by atoms with Crippen LogP contribution in [-0.2, 0) is 0 Å². The van der Waals surface area contributed by atoms with Crippen LogP contribution in [0.5, 0.6) is 5.88 Å². The molecule has 0 saturated heterocycles. The van der Waals surface area contributed by atoms with Crippen molar-refractivity contribution >= 4 is 17.6 Å². The van der Waals surface area contributed by atoms with Crippen molar-refractivity contribution in [3.05, 3.63) is 22.8 Å². The maximum Gasteiger partial charge on any atom is 0.356 e. The maximum absolute atomic E-state index is 11.1. The first-order chi connectivity index (χ1) is 9.75. The smallest absolute Gasteiger partial charge is 0.356 e. The van der Waals surface area contributed by atoms with Gasteiger partial charge in [-0.05, 0) is 36.7 Å². The molecule has 5 heteroatoms. The molecule has 2 bridgehead atoms. The van der Waals surface area contributed by atoms with Gasteiger partial charge in [0, 0.05) is 11.5 Å². The van der Waals surface area contributed by atoms with E-state index in [4.69, 9.17) is 21.4 Å². The van der Waals surface area contributed by atoms with Gasteiger partial charge in [0.25, 0.3) is 0 Å². The van der Waals surface area contributed by atoms with E-state index in [1.807, 2.05) is 0 Å². The number of carbonyl (C=O) groups is 1. The van der Waals surface area contributed by atoms with Gasteiger partial charge in [0.1, 0.15) is 6.10 Å². The van der Waals surface area contributed by atoms with Crippen LogP contribution in [-0.4, -0.2) is 22.2 Å². The Morgan fingerprint density at radius 3 is 2.67 bits per heavy atom. The molecule has 0 aromatic carbocycles. The van der Waals surface area contributed by atoms with Gasteiger partial charge in [-0.2, -0.15) is 0 Å². The zero-order valence-electron chi connectivity index (χ0n) is 12.5. The van der Waals surface area contributed by atoms with Crippen LogP contribution >= 0.6 is 11.6 Å². The lowest BCUT2D eigenvalue weighted by molar-refractivity contribution is 0.0270. The Balaban J connectivity index is 1.86. The average Bonchev–Trinajstić information content (AvgIpc) is 2.74. The number of pyridine rings is 1. The number of halogens is 1. The summed E-state index contributed by atoms with van der Waals surface area (Å²) in [4.78, 5) is 15.1. The highest BCUT2D eigenvalue weighted by molar-refractivity contribution is 6.33. The Hall–Kier alpha value is -1.29. The van der Waals surface area contributed by atoms with E-state index in [0.29, 0.717) is 11.8 Å². The van der Waals surface area contributed by atoms with E-state index in [9.17, 15) is 4.79 Å². The van der Waals surface area contributed by atoms with Crippen molar-refractivity contribution in [3.63, 3.8) is 0 Å². The van der Waals surface area contributed by atoms with Crippen LogP contribution in [0.3, 0.4) is 0 Å². The monoisotopic (exact) mass is 309 g/mol. The lowest BCUT2D eigenvalue weighted by Gasteiger charge is -2.38. The zero-order chi connectivity index (χ0) is 15.4. The molecule has 3 atom stereocenters. The fourth-order valence-electron chi connectivity index (χ4n) is 4.09. The summed E-state index contributed by atoms with van der Waals surface area (Å²) in [5.41, 5.74) is 0.212. The average molecular weight is 310 g/mol. The maximum atomic E-state index is 11.1. The number of carboxylic acid groups (broad SMARTS) is 1. The second kappa shape index (κ2) is 4.60. The fraction of sp³-hybridized carbons (Fsp3) is 0.625. The molecule has 1 N–H and O–H groups in total. The highest BCUT2D eigenvalue weighted by atomic mass is 35.5. The fourth-order valence-corrected chi connectivity index (χ4v) is 4.28. The van der Waals surface area contributed by atoms with Gasteiger partial charge >= 0.3 is 5.97 Å². The molecule has 1 heterocycles. The Bertz CT molecular complexity index is 601. The summed E-state index contributed by atoms with van der Waals surface area (Å²) >= 11 is 5.84. The Labute approximate surface area is 129 Å². The van der Waals surface area contributed by atoms with E-state index in [2.05, 4.69) is 25.8 Å². The third kappa shape index (κ3) is 2.03. The molecule has 3 unspecified atom stereocenters. The quantitative estimate of drug-likeness (QED) is 0.916. The number of ether oxygens (including phenoxy) is 1. The van der Waals surface area contributed by atoms with Crippen LogP contribution in [0.4, 0.5) is 0 Å². The van der Waals surface area contributed by atoms with Crippen molar-refractivity contribution in [2.75, 3.05) is 0 Å². The third-order valence-corrected chi connectivity index (χ3v) is 6.30. The number of nitrogens with zero attached hydrogens (tertiary/aromatic N) is 1. The number of carboxylic acids is 1. The minimum absolute atomic E-state index is 0.0848. The van der Waals surface area contributed by atoms with Gasteiger partial charge in [-0.3, -0.25) is 0 Å². The number of aromatic carboxylic acids is 1. The second-order valence-corrected chi connectivity index (χ2v) is 7.41. The van der Waals surface area contributed by atoms with Crippen LogP contribution < -0.4 is 4.74 Å².